The minimum atomic E-state index is -0.277. The Kier molecular flexibility index (Phi) is 5.59. The number of nitrogens with zero attached hydrogens (tertiary/aromatic N) is 3. The molecule has 5 heterocycles. The average Bonchev–Trinajstić information content (AvgIpc) is 3.57. The average molecular weight is 505 g/mol. The van der Waals surface area contributed by atoms with Crippen molar-refractivity contribution in [1.82, 2.24) is 30.5 Å². The third-order valence-electron chi connectivity index (χ3n) is 7.13. The van der Waals surface area contributed by atoms with E-state index in [0.29, 0.717) is 0 Å². The summed E-state index contributed by atoms with van der Waals surface area (Å²) in [7, 11) is 0. The molecule has 0 amide bonds. The van der Waals surface area contributed by atoms with Gasteiger partial charge in [-0.05, 0) is 73.5 Å². The quantitative estimate of drug-likeness (QED) is 0.264. The number of rotatable bonds is 5. The van der Waals surface area contributed by atoms with E-state index in [1.165, 1.54) is 12.1 Å². The minimum Gasteiger partial charge on any atom is -0.489 e. The summed E-state index contributed by atoms with van der Waals surface area (Å²) in [6, 6.07) is 16.9. The van der Waals surface area contributed by atoms with E-state index in [0.717, 1.165) is 87.1 Å². The summed E-state index contributed by atoms with van der Waals surface area (Å²) >= 11 is 0. The van der Waals surface area contributed by atoms with E-state index in [9.17, 15) is 4.39 Å². The van der Waals surface area contributed by atoms with Gasteiger partial charge < -0.3 is 15.0 Å². The van der Waals surface area contributed by atoms with Crippen LogP contribution in [0, 0.1) is 5.82 Å². The molecule has 1 fully saturated rings. The lowest BCUT2D eigenvalue weighted by Crippen LogP contribution is -2.34. The van der Waals surface area contributed by atoms with Gasteiger partial charge in [-0.3, -0.25) is 15.1 Å². The number of hydrogen-bond donors (Lipinski definition) is 3. The van der Waals surface area contributed by atoms with Crippen molar-refractivity contribution in [2.75, 3.05) is 13.1 Å². The van der Waals surface area contributed by atoms with E-state index >= 15 is 0 Å². The Labute approximate surface area is 218 Å². The zero-order chi connectivity index (χ0) is 25.5. The van der Waals surface area contributed by atoms with Gasteiger partial charge in [-0.2, -0.15) is 5.10 Å². The van der Waals surface area contributed by atoms with E-state index in [4.69, 9.17) is 4.74 Å². The highest BCUT2D eigenvalue weighted by Gasteiger charge is 2.17. The zero-order valence-electron chi connectivity index (χ0n) is 20.5. The zero-order valence-corrected chi connectivity index (χ0v) is 20.5. The van der Waals surface area contributed by atoms with Crippen LogP contribution in [0.25, 0.3) is 55.4 Å². The van der Waals surface area contributed by atoms with Crippen LogP contribution in [-0.4, -0.2) is 44.3 Å². The van der Waals surface area contributed by atoms with E-state index in [1.807, 2.05) is 18.3 Å². The molecule has 0 bridgehead atoms. The van der Waals surface area contributed by atoms with Crippen LogP contribution < -0.4 is 10.1 Å². The molecule has 2 aromatic carbocycles. The van der Waals surface area contributed by atoms with Crippen molar-refractivity contribution in [3.8, 4) is 39.4 Å². The fraction of sp³-hybridized carbons (Fsp3) is 0.167. The molecule has 1 aliphatic rings. The number of ether oxygens (including phenoxy) is 1. The number of H-pyrrole nitrogens is 2. The highest BCUT2D eigenvalue weighted by Crippen LogP contribution is 2.35. The van der Waals surface area contributed by atoms with Gasteiger partial charge in [0.2, 0.25) is 0 Å². The van der Waals surface area contributed by atoms with Crippen LogP contribution in [0.5, 0.6) is 5.75 Å². The maximum Gasteiger partial charge on any atom is 0.138 e. The molecule has 0 unspecified atom stereocenters. The topological polar surface area (TPSA) is 91.5 Å². The lowest BCUT2D eigenvalue weighted by molar-refractivity contribution is 0.162. The van der Waals surface area contributed by atoms with Crippen LogP contribution in [0.3, 0.4) is 0 Å². The second-order valence-electron chi connectivity index (χ2n) is 9.65. The highest BCUT2D eigenvalue weighted by atomic mass is 19.1. The Hall–Kier alpha value is -4.56. The van der Waals surface area contributed by atoms with E-state index in [1.54, 1.807) is 24.7 Å². The first-order valence-corrected chi connectivity index (χ1v) is 12.8. The molecular weight excluding hydrogens is 479 g/mol. The first-order valence-electron chi connectivity index (χ1n) is 12.8. The van der Waals surface area contributed by atoms with Crippen LogP contribution in [0.1, 0.15) is 12.8 Å². The number of piperidine rings is 1. The van der Waals surface area contributed by atoms with Gasteiger partial charge in [0.25, 0.3) is 0 Å². The molecule has 38 heavy (non-hydrogen) atoms. The molecule has 188 valence electrons. The minimum absolute atomic E-state index is 0.213. The first kappa shape index (κ1) is 22.6. The number of aromatic amines is 2. The number of nitrogens with one attached hydrogen (secondary N) is 3. The Morgan fingerprint density at radius 2 is 1.68 bits per heavy atom. The fourth-order valence-corrected chi connectivity index (χ4v) is 5.21. The number of hydrogen-bond acceptors (Lipinski definition) is 5. The smallest absolute Gasteiger partial charge is 0.138 e. The summed E-state index contributed by atoms with van der Waals surface area (Å²) in [5.41, 5.74) is 7.11. The summed E-state index contributed by atoms with van der Waals surface area (Å²) in [5.74, 6) is 0.510. The molecule has 0 spiro atoms. The number of halogens is 1. The maximum atomic E-state index is 13.9. The third-order valence-corrected chi connectivity index (χ3v) is 7.13. The van der Waals surface area contributed by atoms with Gasteiger partial charge in [0.1, 0.15) is 23.4 Å². The van der Waals surface area contributed by atoms with E-state index in [-0.39, 0.29) is 11.9 Å². The van der Waals surface area contributed by atoms with E-state index < -0.39 is 0 Å². The van der Waals surface area contributed by atoms with Crippen molar-refractivity contribution in [1.29, 1.82) is 0 Å². The summed E-state index contributed by atoms with van der Waals surface area (Å²) in [6.45, 7) is 1.95. The molecule has 7 nitrogen and oxygen atoms in total. The third kappa shape index (κ3) is 4.18. The predicted molar refractivity (Wildman–Crippen MR) is 146 cm³/mol. The molecule has 0 aliphatic carbocycles. The largest absolute Gasteiger partial charge is 0.489 e. The van der Waals surface area contributed by atoms with Gasteiger partial charge in [0, 0.05) is 34.3 Å². The molecule has 1 saturated heterocycles. The summed E-state index contributed by atoms with van der Waals surface area (Å²) in [4.78, 5) is 12.3. The molecule has 0 atom stereocenters. The number of pyridine rings is 2. The van der Waals surface area contributed by atoms with Gasteiger partial charge >= 0.3 is 0 Å². The molecule has 6 aromatic rings. The lowest BCUT2D eigenvalue weighted by Gasteiger charge is -2.23. The van der Waals surface area contributed by atoms with Crippen LogP contribution in [0.4, 0.5) is 4.39 Å². The van der Waals surface area contributed by atoms with Crippen molar-refractivity contribution in [2.24, 2.45) is 0 Å². The molecule has 0 saturated carbocycles. The fourth-order valence-electron chi connectivity index (χ4n) is 5.21. The van der Waals surface area contributed by atoms with Crippen molar-refractivity contribution in [3.05, 3.63) is 85.2 Å². The molecule has 8 heteroatoms. The predicted octanol–water partition coefficient (Wildman–Crippen LogP) is 6.11. The summed E-state index contributed by atoms with van der Waals surface area (Å²) < 4.78 is 20.1. The van der Waals surface area contributed by atoms with Gasteiger partial charge in [0.15, 0.2) is 0 Å². The Balaban J connectivity index is 1.26. The van der Waals surface area contributed by atoms with E-state index in [2.05, 4.69) is 54.7 Å². The van der Waals surface area contributed by atoms with Crippen molar-refractivity contribution >= 4 is 21.8 Å². The standard InChI is InChI=1S/C30H25FN6O/c31-21-3-1-2-19(10-21)26-16-34-17-29-24(26)13-28(35-29)30-25-12-18(4-5-27(25)36-37-30)20-11-23(15-33-14-20)38-22-6-8-32-9-7-22/h1-5,10-17,22,32,35H,6-9H2,(H,36,37). The maximum absolute atomic E-state index is 13.9. The summed E-state index contributed by atoms with van der Waals surface area (Å²) in [5, 5.41) is 13.1. The van der Waals surface area contributed by atoms with Crippen LogP contribution >= 0.6 is 0 Å². The van der Waals surface area contributed by atoms with Crippen LogP contribution in [0.2, 0.25) is 0 Å². The Morgan fingerprint density at radius 3 is 2.58 bits per heavy atom. The molecule has 1 aliphatic heterocycles. The number of aromatic nitrogens is 5. The normalized spacial score (nSPS) is 14.3. The van der Waals surface area contributed by atoms with Crippen LogP contribution in [-0.2, 0) is 0 Å². The lowest BCUT2D eigenvalue weighted by atomic mass is 10.0. The molecule has 3 N–H and O–H groups in total. The molecule has 0 radical (unpaired) electrons. The first-order chi connectivity index (χ1) is 18.7. The molecular formula is C30H25FN6O. The second-order valence-corrected chi connectivity index (χ2v) is 9.65. The second kappa shape index (κ2) is 9.39. The number of fused-ring (bicyclic) bond motifs is 2. The van der Waals surface area contributed by atoms with Gasteiger partial charge in [0.05, 0.1) is 29.1 Å². The van der Waals surface area contributed by atoms with Crippen molar-refractivity contribution in [2.45, 2.75) is 18.9 Å². The highest BCUT2D eigenvalue weighted by molar-refractivity contribution is 6.01. The SMILES string of the molecule is Fc1cccc(-c2cncc3[nH]c(-c4n[nH]c5ccc(-c6cncc(OC7CCNCC7)c6)cc45)cc23)c1. The van der Waals surface area contributed by atoms with Crippen LogP contribution in [0.15, 0.2) is 79.4 Å². The number of benzene rings is 2. The van der Waals surface area contributed by atoms with Gasteiger partial charge in [-0.1, -0.05) is 18.2 Å². The Bertz CT molecular complexity index is 1770. The summed E-state index contributed by atoms with van der Waals surface area (Å²) in [6.07, 6.45) is 9.39. The Morgan fingerprint density at radius 1 is 0.789 bits per heavy atom. The monoisotopic (exact) mass is 504 g/mol. The van der Waals surface area contributed by atoms with Crippen molar-refractivity contribution in [3.63, 3.8) is 0 Å². The molecule has 7 rings (SSSR count). The van der Waals surface area contributed by atoms with Crippen molar-refractivity contribution < 1.29 is 9.13 Å². The van der Waals surface area contributed by atoms with Gasteiger partial charge in [-0.25, -0.2) is 4.39 Å². The van der Waals surface area contributed by atoms with Gasteiger partial charge in [-0.15, -0.1) is 0 Å². The molecule has 4 aromatic heterocycles.